The third kappa shape index (κ3) is 2.69. The van der Waals surface area contributed by atoms with Crippen LogP contribution in [-0.2, 0) is 0 Å². The Morgan fingerprint density at radius 1 is 0.950 bits per heavy atom. The highest BCUT2D eigenvalue weighted by Gasteiger charge is 2.28. The van der Waals surface area contributed by atoms with E-state index in [1.54, 1.807) is 7.11 Å². The molecule has 0 amide bonds. The van der Waals surface area contributed by atoms with E-state index >= 15 is 0 Å². The minimum absolute atomic E-state index is 0.554. The molecule has 0 spiro atoms. The van der Waals surface area contributed by atoms with Gasteiger partial charge >= 0.3 is 0 Å². The first-order valence-electron chi connectivity index (χ1n) is 7.43. The zero-order valence-corrected chi connectivity index (χ0v) is 12.0. The number of ether oxygens (including phenoxy) is 1. The SMILES string of the molecule is COc1ccc([C@@H]2CCCC[C@H]2c2ccccn2)cc1. The van der Waals surface area contributed by atoms with E-state index in [1.807, 2.05) is 12.3 Å². The lowest BCUT2D eigenvalue weighted by Crippen LogP contribution is -2.17. The molecule has 0 aliphatic heterocycles. The zero-order chi connectivity index (χ0) is 13.8. The molecule has 1 heterocycles. The summed E-state index contributed by atoms with van der Waals surface area (Å²) in [6, 6.07) is 14.8. The summed E-state index contributed by atoms with van der Waals surface area (Å²) < 4.78 is 5.26. The molecule has 1 saturated carbocycles. The van der Waals surface area contributed by atoms with Gasteiger partial charge in [-0.3, -0.25) is 4.98 Å². The van der Waals surface area contributed by atoms with Gasteiger partial charge in [0.05, 0.1) is 7.11 Å². The molecule has 0 radical (unpaired) electrons. The lowest BCUT2D eigenvalue weighted by atomic mass is 9.74. The smallest absolute Gasteiger partial charge is 0.118 e. The summed E-state index contributed by atoms with van der Waals surface area (Å²) in [6.45, 7) is 0. The maximum Gasteiger partial charge on any atom is 0.118 e. The fraction of sp³-hybridized carbons (Fsp3) is 0.389. The van der Waals surface area contributed by atoms with Crippen LogP contribution < -0.4 is 4.74 Å². The summed E-state index contributed by atoms with van der Waals surface area (Å²) in [4.78, 5) is 4.59. The van der Waals surface area contributed by atoms with E-state index in [0.717, 1.165) is 5.75 Å². The number of pyridine rings is 1. The van der Waals surface area contributed by atoms with Gasteiger partial charge < -0.3 is 4.74 Å². The Morgan fingerprint density at radius 3 is 2.35 bits per heavy atom. The van der Waals surface area contributed by atoms with Crippen molar-refractivity contribution in [3.8, 4) is 5.75 Å². The molecular formula is C18H21NO. The molecule has 0 saturated heterocycles. The molecule has 1 aliphatic carbocycles. The van der Waals surface area contributed by atoms with Crippen LogP contribution >= 0.6 is 0 Å². The van der Waals surface area contributed by atoms with Gasteiger partial charge in [-0.15, -0.1) is 0 Å². The van der Waals surface area contributed by atoms with Crippen molar-refractivity contribution in [3.05, 3.63) is 59.9 Å². The molecule has 0 bridgehead atoms. The summed E-state index contributed by atoms with van der Waals surface area (Å²) in [5.41, 5.74) is 2.66. The van der Waals surface area contributed by atoms with Gasteiger partial charge in [-0.25, -0.2) is 0 Å². The molecule has 2 heteroatoms. The summed E-state index contributed by atoms with van der Waals surface area (Å²) in [6.07, 6.45) is 7.05. The van der Waals surface area contributed by atoms with E-state index in [0.29, 0.717) is 11.8 Å². The minimum atomic E-state index is 0.554. The lowest BCUT2D eigenvalue weighted by molar-refractivity contribution is 0.379. The van der Waals surface area contributed by atoms with Crippen LogP contribution in [0.4, 0.5) is 0 Å². The first-order chi connectivity index (χ1) is 9.88. The van der Waals surface area contributed by atoms with Crippen LogP contribution in [0.3, 0.4) is 0 Å². The second kappa shape index (κ2) is 6.08. The minimum Gasteiger partial charge on any atom is -0.497 e. The van der Waals surface area contributed by atoms with Crippen molar-refractivity contribution in [2.75, 3.05) is 7.11 Å². The molecule has 104 valence electrons. The molecule has 1 aromatic carbocycles. The highest BCUT2D eigenvalue weighted by molar-refractivity contribution is 5.32. The number of aromatic nitrogens is 1. The van der Waals surface area contributed by atoms with Crippen LogP contribution in [0.1, 0.15) is 48.8 Å². The maximum absolute atomic E-state index is 5.26. The standard InChI is InChI=1S/C18H21NO/c1-20-15-11-9-14(10-12-15)16-6-2-3-7-17(16)18-8-4-5-13-19-18/h4-5,8-13,16-17H,2-3,6-7H2,1H3/t16-,17+/m0/s1. The number of hydrogen-bond donors (Lipinski definition) is 0. The summed E-state index contributed by atoms with van der Waals surface area (Å²) in [5, 5.41) is 0. The Labute approximate surface area is 120 Å². The fourth-order valence-electron chi connectivity index (χ4n) is 3.33. The quantitative estimate of drug-likeness (QED) is 0.815. The van der Waals surface area contributed by atoms with Crippen molar-refractivity contribution >= 4 is 0 Å². The summed E-state index contributed by atoms with van der Waals surface area (Å²) in [5.74, 6) is 2.07. The first-order valence-corrected chi connectivity index (χ1v) is 7.43. The molecule has 1 aromatic heterocycles. The number of benzene rings is 1. The van der Waals surface area contributed by atoms with Gasteiger partial charge in [0.2, 0.25) is 0 Å². The van der Waals surface area contributed by atoms with Gasteiger partial charge in [0.25, 0.3) is 0 Å². The second-order valence-electron chi connectivity index (χ2n) is 5.53. The monoisotopic (exact) mass is 267 g/mol. The molecular weight excluding hydrogens is 246 g/mol. The molecule has 2 atom stereocenters. The molecule has 0 unspecified atom stereocenters. The molecule has 2 nitrogen and oxygen atoms in total. The van der Waals surface area contributed by atoms with Crippen LogP contribution in [0, 0.1) is 0 Å². The van der Waals surface area contributed by atoms with Crippen LogP contribution in [0.5, 0.6) is 5.75 Å². The topological polar surface area (TPSA) is 22.1 Å². The molecule has 20 heavy (non-hydrogen) atoms. The lowest BCUT2D eigenvalue weighted by Gasteiger charge is -2.31. The van der Waals surface area contributed by atoms with Crippen LogP contribution in [0.25, 0.3) is 0 Å². The van der Waals surface area contributed by atoms with Crippen molar-refractivity contribution in [2.45, 2.75) is 37.5 Å². The van der Waals surface area contributed by atoms with Gasteiger partial charge in [-0.05, 0) is 48.6 Å². The van der Waals surface area contributed by atoms with E-state index in [2.05, 4.69) is 41.4 Å². The Bertz CT molecular complexity index is 535. The van der Waals surface area contributed by atoms with Gasteiger partial charge in [0.15, 0.2) is 0 Å². The average Bonchev–Trinajstić information content (AvgIpc) is 2.56. The zero-order valence-electron chi connectivity index (χ0n) is 12.0. The third-order valence-corrected chi connectivity index (χ3v) is 4.38. The van der Waals surface area contributed by atoms with Gasteiger partial charge in [-0.2, -0.15) is 0 Å². The second-order valence-corrected chi connectivity index (χ2v) is 5.53. The fourth-order valence-corrected chi connectivity index (χ4v) is 3.33. The van der Waals surface area contributed by atoms with Crippen LogP contribution in [-0.4, -0.2) is 12.1 Å². The largest absolute Gasteiger partial charge is 0.497 e. The third-order valence-electron chi connectivity index (χ3n) is 4.38. The Balaban J connectivity index is 1.88. The van der Waals surface area contributed by atoms with Crippen LogP contribution in [0.15, 0.2) is 48.7 Å². The first kappa shape index (κ1) is 13.2. The predicted octanol–water partition coefficient (Wildman–Crippen LogP) is 4.53. The Hall–Kier alpha value is -1.83. The van der Waals surface area contributed by atoms with Crippen molar-refractivity contribution in [1.82, 2.24) is 4.98 Å². The predicted molar refractivity (Wildman–Crippen MR) is 81.2 cm³/mol. The van der Waals surface area contributed by atoms with E-state index in [9.17, 15) is 0 Å². The van der Waals surface area contributed by atoms with Crippen LogP contribution in [0.2, 0.25) is 0 Å². The van der Waals surface area contributed by atoms with E-state index < -0.39 is 0 Å². The number of hydrogen-bond acceptors (Lipinski definition) is 2. The molecule has 2 aromatic rings. The van der Waals surface area contributed by atoms with E-state index in [4.69, 9.17) is 4.74 Å². The average molecular weight is 267 g/mol. The summed E-state index contributed by atoms with van der Waals surface area (Å²) in [7, 11) is 1.71. The maximum atomic E-state index is 5.26. The number of methoxy groups -OCH3 is 1. The molecule has 0 N–H and O–H groups in total. The molecule has 3 rings (SSSR count). The van der Waals surface area contributed by atoms with E-state index in [-0.39, 0.29) is 0 Å². The van der Waals surface area contributed by atoms with Crippen molar-refractivity contribution in [1.29, 1.82) is 0 Å². The van der Waals surface area contributed by atoms with Crippen molar-refractivity contribution in [3.63, 3.8) is 0 Å². The van der Waals surface area contributed by atoms with Gasteiger partial charge in [-0.1, -0.05) is 31.0 Å². The number of nitrogens with zero attached hydrogens (tertiary/aromatic N) is 1. The molecule has 1 aliphatic rings. The Morgan fingerprint density at radius 2 is 1.70 bits per heavy atom. The summed E-state index contributed by atoms with van der Waals surface area (Å²) >= 11 is 0. The molecule has 1 fully saturated rings. The van der Waals surface area contributed by atoms with Crippen molar-refractivity contribution < 1.29 is 4.74 Å². The van der Waals surface area contributed by atoms with E-state index in [1.165, 1.54) is 36.9 Å². The van der Waals surface area contributed by atoms with Gasteiger partial charge in [0.1, 0.15) is 5.75 Å². The number of rotatable bonds is 3. The normalized spacial score (nSPS) is 22.4. The van der Waals surface area contributed by atoms with Crippen molar-refractivity contribution in [2.24, 2.45) is 0 Å². The Kier molecular flexibility index (Phi) is 4.00. The highest BCUT2D eigenvalue weighted by atomic mass is 16.5. The van der Waals surface area contributed by atoms with Gasteiger partial charge in [0, 0.05) is 17.8 Å². The highest BCUT2D eigenvalue weighted by Crippen LogP contribution is 2.43.